The molecule has 13 heavy (non-hydrogen) atoms. The van der Waals surface area contributed by atoms with Crippen LogP contribution in [0, 0.1) is 0 Å². The van der Waals surface area contributed by atoms with Gasteiger partial charge in [0.05, 0.1) is 6.61 Å². The molecular weight excluding hydrogens is 180 g/mol. The molecule has 0 unspecified atom stereocenters. The van der Waals surface area contributed by atoms with Crippen LogP contribution >= 0.6 is 12.6 Å². The van der Waals surface area contributed by atoms with Gasteiger partial charge in [0.25, 0.3) is 0 Å². The lowest BCUT2D eigenvalue weighted by molar-refractivity contribution is 0.219. The third kappa shape index (κ3) is 7.72. The Bertz CT molecular complexity index is 204. The van der Waals surface area contributed by atoms with E-state index in [4.69, 9.17) is 4.74 Å². The Morgan fingerprint density at radius 2 is 2.15 bits per heavy atom. The van der Waals surface area contributed by atoms with Crippen molar-refractivity contribution < 1.29 is 4.74 Å². The van der Waals surface area contributed by atoms with Crippen LogP contribution in [0.3, 0.4) is 0 Å². The van der Waals surface area contributed by atoms with Gasteiger partial charge in [-0.1, -0.05) is 19.9 Å². The van der Waals surface area contributed by atoms with Crippen molar-refractivity contribution >= 4 is 12.6 Å². The molecule has 0 aromatic carbocycles. The molecule has 2 heteroatoms. The number of allylic oxidation sites excluding steroid dienone is 3. The summed E-state index contributed by atoms with van der Waals surface area (Å²) in [6.07, 6.45) is 7.88. The molecule has 0 aliphatic rings. The van der Waals surface area contributed by atoms with Gasteiger partial charge in [-0.2, -0.15) is 0 Å². The summed E-state index contributed by atoms with van der Waals surface area (Å²) < 4.78 is 5.48. The van der Waals surface area contributed by atoms with Crippen LogP contribution in [0.15, 0.2) is 35.5 Å². The van der Waals surface area contributed by atoms with Crippen LogP contribution in [0.2, 0.25) is 0 Å². The molecule has 0 aliphatic heterocycles. The van der Waals surface area contributed by atoms with Gasteiger partial charge in [-0.15, -0.1) is 12.6 Å². The Morgan fingerprint density at radius 3 is 2.62 bits per heavy atom. The van der Waals surface area contributed by atoms with Crippen molar-refractivity contribution in [2.24, 2.45) is 0 Å². The Morgan fingerprint density at radius 1 is 1.46 bits per heavy atom. The number of rotatable bonds is 6. The predicted molar refractivity (Wildman–Crippen MR) is 61.9 cm³/mol. The number of ether oxygens (including phenoxy) is 1. The summed E-state index contributed by atoms with van der Waals surface area (Å²) >= 11 is 4.06. The van der Waals surface area contributed by atoms with Crippen molar-refractivity contribution in [3.05, 3.63) is 35.5 Å². The molecule has 0 heterocycles. The maximum atomic E-state index is 5.48. The van der Waals surface area contributed by atoms with E-state index in [1.54, 1.807) is 0 Å². The van der Waals surface area contributed by atoms with E-state index in [0.29, 0.717) is 0 Å². The molecule has 0 bridgehead atoms. The summed E-state index contributed by atoms with van der Waals surface area (Å²) in [6, 6.07) is 0. The van der Waals surface area contributed by atoms with Crippen molar-refractivity contribution in [1.82, 2.24) is 0 Å². The smallest absolute Gasteiger partial charge is 0.115 e. The number of unbranched alkanes of at least 4 members (excludes halogenated alkanes) is 1. The van der Waals surface area contributed by atoms with E-state index in [-0.39, 0.29) is 0 Å². The highest BCUT2D eigenvalue weighted by Gasteiger charge is 1.90. The van der Waals surface area contributed by atoms with E-state index in [2.05, 4.69) is 26.1 Å². The zero-order valence-electron chi connectivity index (χ0n) is 8.42. The quantitative estimate of drug-likeness (QED) is 0.296. The van der Waals surface area contributed by atoms with Crippen molar-refractivity contribution in [2.75, 3.05) is 6.61 Å². The topological polar surface area (TPSA) is 9.23 Å². The first-order chi connectivity index (χ1) is 6.20. The highest BCUT2D eigenvalue weighted by molar-refractivity contribution is 7.84. The molecule has 0 N–H and O–H groups in total. The third-order valence-electron chi connectivity index (χ3n) is 1.49. The maximum absolute atomic E-state index is 5.48. The number of hydrogen-bond donors (Lipinski definition) is 1. The fourth-order valence-corrected chi connectivity index (χ4v) is 0.815. The van der Waals surface area contributed by atoms with Crippen molar-refractivity contribution in [3.8, 4) is 0 Å². The standard InChI is InChI=1S/C11H18OS/c1-4-6-9-12-11(5-2)8-7-10(3)13/h5,7-8,13H,3-4,6,9H2,1-2H3/b8-7-,11-5+. The number of thiol groups is 1. The van der Waals surface area contributed by atoms with Crippen LogP contribution in [-0.2, 0) is 4.74 Å². The lowest BCUT2D eigenvalue weighted by Gasteiger charge is -2.04. The van der Waals surface area contributed by atoms with E-state index in [1.165, 1.54) is 0 Å². The van der Waals surface area contributed by atoms with Gasteiger partial charge in [-0.25, -0.2) is 0 Å². The molecule has 0 aromatic rings. The second kappa shape index (κ2) is 7.99. The first-order valence-corrected chi connectivity index (χ1v) is 5.00. The summed E-state index contributed by atoms with van der Waals surface area (Å²) in [5.41, 5.74) is 0. The van der Waals surface area contributed by atoms with Gasteiger partial charge < -0.3 is 4.74 Å². The molecule has 0 rings (SSSR count). The lowest BCUT2D eigenvalue weighted by Crippen LogP contribution is -1.91. The average Bonchev–Trinajstić information content (AvgIpc) is 2.10. The minimum Gasteiger partial charge on any atom is -0.494 e. The fourth-order valence-electron chi connectivity index (χ4n) is 0.740. The van der Waals surface area contributed by atoms with Gasteiger partial charge in [0.15, 0.2) is 0 Å². The molecule has 0 spiro atoms. The summed E-state index contributed by atoms with van der Waals surface area (Å²) in [7, 11) is 0. The molecule has 0 radical (unpaired) electrons. The minimum atomic E-state index is 0.735. The molecule has 1 nitrogen and oxygen atoms in total. The Hall–Kier alpha value is -0.630. The molecule has 0 aliphatic carbocycles. The molecule has 74 valence electrons. The van der Waals surface area contributed by atoms with Crippen LogP contribution in [-0.4, -0.2) is 6.61 Å². The second-order valence-electron chi connectivity index (χ2n) is 2.72. The molecular formula is C11H18OS. The molecule has 0 aromatic heterocycles. The molecule has 0 amide bonds. The SMILES string of the molecule is C=C(S)/C=C\C(=C/C)OCCCC. The molecule has 0 saturated heterocycles. The van der Waals surface area contributed by atoms with Crippen molar-refractivity contribution in [3.63, 3.8) is 0 Å². The second-order valence-corrected chi connectivity index (χ2v) is 3.29. The highest BCUT2D eigenvalue weighted by atomic mass is 32.1. The zero-order chi connectivity index (χ0) is 10.1. The van der Waals surface area contributed by atoms with Gasteiger partial charge in [0, 0.05) is 0 Å². The fraction of sp³-hybridized carbons (Fsp3) is 0.455. The molecule has 0 fully saturated rings. The van der Waals surface area contributed by atoms with E-state index >= 15 is 0 Å². The predicted octanol–water partition coefficient (Wildman–Crippen LogP) is 3.71. The van der Waals surface area contributed by atoms with E-state index < -0.39 is 0 Å². The monoisotopic (exact) mass is 198 g/mol. The van der Waals surface area contributed by atoms with Crippen LogP contribution in [0.5, 0.6) is 0 Å². The van der Waals surface area contributed by atoms with Gasteiger partial charge in [-0.05, 0) is 36.5 Å². The van der Waals surface area contributed by atoms with Crippen LogP contribution in [0.25, 0.3) is 0 Å². The Kier molecular flexibility index (Phi) is 7.60. The van der Waals surface area contributed by atoms with E-state index in [0.717, 1.165) is 30.1 Å². The van der Waals surface area contributed by atoms with Gasteiger partial charge in [-0.3, -0.25) is 0 Å². The van der Waals surface area contributed by atoms with Crippen LogP contribution < -0.4 is 0 Å². The number of hydrogen-bond acceptors (Lipinski definition) is 2. The average molecular weight is 198 g/mol. The van der Waals surface area contributed by atoms with Gasteiger partial charge >= 0.3 is 0 Å². The van der Waals surface area contributed by atoms with Crippen molar-refractivity contribution in [1.29, 1.82) is 0 Å². The maximum Gasteiger partial charge on any atom is 0.115 e. The van der Waals surface area contributed by atoms with E-state index in [1.807, 2.05) is 25.2 Å². The molecule has 0 saturated carbocycles. The summed E-state index contributed by atoms with van der Waals surface area (Å²) in [6.45, 7) is 8.52. The van der Waals surface area contributed by atoms with Crippen LogP contribution in [0.4, 0.5) is 0 Å². The van der Waals surface area contributed by atoms with Crippen molar-refractivity contribution in [2.45, 2.75) is 26.7 Å². The first-order valence-electron chi connectivity index (χ1n) is 4.55. The summed E-state index contributed by atoms with van der Waals surface area (Å²) in [5, 5.41) is 0. The Labute approximate surface area is 86.6 Å². The highest BCUT2D eigenvalue weighted by Crippen LogP contribution is 2.05. The summed E-state index contributed by atoms with van der Waals surface area (Å²) in [4.78, 5) is 0.735. The normalized spacial score (nSPS) is 12.1. The largest absolute Gasteiger partial charge is 0.494 e. The Balaban J connectivity index is 3.84. The zero-order valence-corrected chi connectivity index (χ0v) is 9.31. The first kappa shape index (κ1) is 12.4. The van der Waals surface area contributed by atoms with E-state index in [9.17, 15) is 0 Å². The van der Waals surface area contributed by atoms with Gasteiger partial charge in [0.2, 0.25) is 0 Å². The van der Waals surface area contributed by atoms with Gasteiger partial charge in [0.1, 0.15) is 5.76 Å². The minimum absolute atomic E-state index is 0.735. The summed E-state index contributed by atoms with van der Waals surface area (Å²) in [5.74, 6) is 0.878. The van der Waals surface area contributed by atoms with Crippen LogP contribution in [0.1, 0.15) is 26.7 Å². The third-order valence-corrected chi connectivity index (χ3v) is 1.64. The molecule has 0 atom stereocenters. The lowest BCUT2D eigenvalue weighted by atomic mass is 10.3.